The van der Waals surface area contributed by atoms with E-state index in [-0.39, 0.29) is 5.78 Å². The van der Waals surface area contributed by atoms with Crippen molar-refractivity contribution in [2.75, 3.05) is 0 Å². The van der Waals surface area contributed by atoms with Crippen LogP contribution < -0.4 is 0 Å². The first-order valence-electron chi connectivity index (χ1n) is 3.69. The molecule has 0 aliphatic rings. The van der Waals surface area contributed by atoms with Crippen LogP contribution in [0.3, 0.4) is 0 Å². The summed E-state index contributed by atoms with van der Waals surface area (Å²) in [6.45, 7) is 1.62. The molecule has 0 radical (unpaired) electrons. The van der Waals surface area contributed by atoms with Gasteiger partial charge in [0.2, 0.25) is 0 Å². The Kier molecular flexibility index (Phi) is 3.65. The van der Waals surface area contributed by atoms with Crippen molar-refractivity contribution in [2.24, 2.45) is 0 Å². The molecule has 1 unspecified atom stereocenters. The van der Waals surface area contributed by atoms with Crippen molar-refractivity contribution in [3.8, 4) is 0 Å². The fraction of sp³-hybridized carbons (Fsp3) is 0.222. The molecule has 0 amide bonds. The van der Waals surface area contributed by atoms with Crippen LogP contribution in [-0.2, 0) is 0 Å². The summed E-state index contributed by atoms with van der Waals surface area (Å²) in [5.74, 6) is -0.158. The van der Waals surface area contributed by atoms with Gasteiger partial charge < -0.3 is 0 Å². The zero-order chi connectivity index (χ0) is 10.0. The van der Waals surface area contributed by atoms with E-state index in [2.05, 4.69) is 12.6 Å². The van der Waals surface area contributed by atoms with E-state index in [9.17, 15) is 4.79 Å². The molecule has 0 bridgehead atoms. The minimum Gasteiger partial charge on any atom is -0.292 e. The van der Waals surface area contributed by atoms with Gasteiger partial charge in [-0.15, -0.1) is 24.2 Å². The van der Waals surface area contributed by atoms with E-state index >= 15 is 0 Å². The predicted octanol–water partition coefficient (Wildman–Crippen LogP) is 3.44. The summed E-state index contributed by atoms with van der Waals surface area (Å²) in [4.78, 5) is 12.0. The van der Waals surface area contributed by atoms with Crippen LogP contribution in [0.15, 0.2) is 23.1 Å². The highest BCUT2D eigenvalue weighted by Crippen LogP contribution is 2.25. The molecule has 0 saturated carbocycles. The summed E-state index contributed by atoms with van der Waals surface area (Å²) in [6.07, 6.45) is 0. The summed E-state index contributed by atoms with van der Waals surface area (Å²) in [5, 5.41) is -0.0872. The molecule has 0 fully saturated rings. The molecule has 13 heavy (non-hydrogen) atoms. The lowest BCUT2D eigenvalue weighted by Crippen LogP contribution is -2.11. The first kappa shape index (κ1) is 10.9. The highest BCUT2D eigenvalue weighted by Gasteiger charge is 2.15. The van der Waals surface area contributed by atoms with Gasteiger partial charge >= 0.3 is 0 Å². The SMILES string of the molecule is CC(Cl)C(=O)c1cccc(Cl)c1S. The lowest BCUT2D eigenvalue weighted by atomic mass is 10.1. The quantitative estimate of drug-likeness (QED) is 0.472. The summed E-state index contributed by atoms with van der Waals surface area (Å²) >= 11 is 15.6. The van der Waals surface area contributed by atoms with Gasteiger partial charge in [-0.3, -0.25) is 4.79 Å². The molecule has 70 valence electrons. The molecule has 1 atom stereocenters. The van der Waals surface area contributed by atoms with Gasteiger partial charge in [0, 0.05) is 10.5 Å². The van der Waals surface area contributed by atoms with Crippen LogP contribution in [-0.4, -0.2) is 11.2 Å². The molecule has 0 heterocycles. The third-order valence-electron chi connectivity index (χ3n) is 1.61. The Labute approximate surface area is 92.4 Å². The van der Waals surface area contributed by atoms with Crippen molar-refractivity contribution in [2.45, 2.75) is 17.2 Å². The predicted molar refractivity (Wildman–Crippen MR) is 58.3 cm³/mol. The Morgan fingerprint density at radius 1 is 1.54 bits per heavy atom. The number of Topliss-reactive ketones (excluding diaryl/α,β-unsaturated/α-hetero) is 1. The van der Waals surface area contributed by atoms with E-state index in [1.54, 1.807) is 25.1 Å². The maximum Gasteiger partial charge on any atom is 0.181 e. The van der Waals surface area contributed by atoms with Gasteiger partial charge in [0.25, 0.3) is 0 Å². The van der Waals surface area contributed by atoms with Gasteiger partial charge in [0.05, 0.1) is 10.4 Å². The second kappa shape index (κ2) is 4.36. The zero-order valence-corrected chi connectivity index (χ0v) is 9.33. The van der Waals surface area contributed by atoms with E-state index in [0.717, 1.165) is 0 Å². The molecule has 0 N–H and O–H groups in total. The number of carbonyl (C=O) groups excluding carboxylic acids is 1. The lowest BCUT2D eigenvalue weighted by Gasteiger charge is -2.06. The Balaban J connectivity index is 3.15. The number of thiol groups is 1. The third-order valence-corrected chi connectivity index (χ3v) is 2.74. The number of hydrogen-bond acceptors (Lipinski definition) is 2. The number of rotatable bonds is 2. The van der Waals surface area contributed by atoms with Gasteiger partial charge in [-0.05, 0) is 13.0 Å². The fourth-order valence-corrected chi connectivity index (χ4v) is 1.48. The summed E-state index contributed by atoms with van der Waals surface area (Å²) in [5.41, 5.74) is 0.471. The average molecular weight is 235 g/mol. The monoisotopic (exact) mass is 234 g/mol. The molecular formula is C9H8Cl2OS. The number of benzene rings is 1. The largest absolute Gasteiger partial charge is 0.292 e. The van der Waals surface area contributed by atoms with Crippen molar-refractivity contribution in [1.82, 2.24) is 0 Å². The molecule has 1 nitrogen and oxygen atoms in total. The van der Waals surface area contributed by atoms with Gasteiger partial charge in [-0.25, -0.2) is 0 Å². The average Bonchev–Trinajstić information content (AvgIpc) is 2.08. The van der Waals surface area contributed by atoms with Gasteiger partial charge in [-0.2, -0.15) is 0 Å². The molecular weight excluding hydrogens is 227 g/mol. The molecule has 1 aromatic rings. The van der Waals surface area contributed by atoms with E-state index in [0.29, 0.717) is 15.5 Å². The maximum absolute atomic E-state index is 11.5. The Hall–Kier alpha value is -0.180. The topological polar surface area (TPSA) is 17.1 Å². The van der Waals surface area contributed by atoms with Crippen LogP contribution in [0.2, 0.25) is 5.02 Å². The van der Waals surface area contributed by atoms with Gasteiger partial charge in [-0.1, -0.05) is 23.7 Å². The van der Waals surface area contributed by atoms with Crippen molar-refractivity contribution in [3.05, 3.63) is 28.8 Å². The van der Waals surface area contributed by atoms with E-state index < -0.39 is 5.38 Å². The van der Waals surface area contributed by atoms with Crippen molar-refractivity contribution < 1.29 is 4.79 Å². The zero-order valence-electron chi connectivity index (χ0n) is 6.92. The Morgan fingerprint density at radius 3 is 2.69 bits per heavy atom. The van der Waals surface area contributed by atoms with E-state index in [1.165, 1.54) is 0 Å². The van der Waals surface area contributed by atoms with Crippen LogP contribution in [0.25, 0.3) is 0 Å². The molecule has 0 aliphatic carbocycles. The Bertz CT molecular complexity index is 336. The first-order chi connectivity index (χ1) is 6.04. The minimum atomic E-state index is -0.552. The molecule has 1 aromatic carbocycles. The lowest BCUT2D eigenvalue weighted by molar-refractivity contribution is 0.0989. The fourth-order valence-electron chi connectivity index (χ4n) is 0.928. The number of hydrogen-bond donors (Lipinski definition) is 1. The number of halogens is 2. The second-order valence-electron chi connectivity index (χ2n) is 2.62. The summed E-state index contributed by atoms with van der Waals surface area (Å²) in [6, 6.07) is 5.05. The third kappa shape index (κ3) is 2.39. The van der Waals surface area contributed by atoms with Crippen molar-refractivity contribution in [1.29, 1.82) is 0 Å². The van der Waals surface area contributed by atoms with Gasteiger partial charge in [0.1, 0.15) is 0 Å². The highest BCUT2D eigenvalue weighted by molar-refractivity contribution is 7.80. The molecule has 0 aliphatic heterocycles. The number of carbonyl (C=O) groups is 1. The second-order valence-corrected chi connectivity index (χ2v) is 4.13. The van der Waals surface area contributed by atoms with Crippen LogP contribution in [0, 0.1) is 0 Å². The van der Waals surface area contributed by atoms with Crippen LogP contribution in [0.4, 0.5) is 0 Å². The Morgan fingerprint density at radius 2 is 2.15 bits per heavy atom. The maximum atomic E-state index is 11.5. The standard InChI is InChI=1S/C9H8Cl2OS/c1-5(10)8(12)6-3-2-4-7(11)9(6)13/h2-5,13H,1H3. The first-order valence-corrected chi connectivity index (χ1v) is 4.96. The normalized spacial score (nSPS) is 12.6. The molecule has 4 heteroatoms. The van der Waals surface area contributed by atoms with Crippen molar-refractivity contribution in [3.63, 3.8) is 0 Å². The smallest absolute Gasteiger partial charge is 0.181 e. The summed E-state index contributed by atoms with van der Waals surface area (Å²) < 4.78 is 0. The molecule has 0 saturated heterocycles. The van der Waals surface area contributed by atoms with Crippen LogP contribution in [0.5, 0.6) is 0 Å². The highest BCUT2D eigenvalue weighted by atomic mass is 35.5. The van der Waals surface area contributed by atoms with Gasteiger partial charge in [0.15, 0.2) is 5.78 Å². The number of alkyl halides is 1. The van der Waals surface area contributed by atoms with E-state index in [4.69, 9.17) is 23.2 Å². The van der Waals surface area contributed by atoms with Crippen LogP contribution >= 0.6 is 35.8 Å². The molecule has 0 spiro atoms. The van der Waals surface area contributed by atoms with Crippen LogP contribution in [0.1, 0.15) is 17.3 Å². The van der Waals surface area contributed by atoms with E-state index in [1.807, 2.05) is 0 Å². The number of ketones is 1. The minimum absolute atomic E-state index is 0.158. The molecule has 0 aromatic heterocycles. The summed E-state index contributed by atoms with van der Waals surface area (Å²) in [7, 11) is 0. The molecule has 1 rings (SSSR count). The van der Waals surface area contributed by atoms with Crippen molar-refractivity contribution >= 4 is 41.6 Å².